The standard InChI is InChI=1S/C19H20IN3O2S/c1-3-4-9-18(26(24,25)15-12-10-14(2)11-13-15)19(20)16-7-5-6-8-17(16)22-23-21/h5-8,10-13H,3-4,9H2,1-2H3/b19-18+. The molecule has 0 unspecified atom stereocenters. The van der Waals surface area contributed by atoms with Crippen LogP contribution >= 0.6 is 22.6 Å². The van der Waals surface area contributed by atoms with E-state index in [1.807, 2.05) is 13.8 Å². The van der Waals surface area contributed by atoms with Crippen molar-refractivity contribution in [2.45, 2.75) is 38.0 Å². The normalized spacial score (nSPS) is 12.3. The summed E-state index contributed by atoms with van der Waals surface area (Å²) in [6.45, 7) is 3.95. The van der Waals surface area contributed by atoms with Gasteiger partial charge in [-0.15, -0.1) is 0 Å². The van der Waals surface area contributed by atoms with Gasteiger partial charge in [-0.25, -0.2) is 8.42 Å². The molecule has 7 heteroatoms. The minimum Gasteiger partial charge on any atom is -0.219 e. The number of nitrogens with zero attached hydrogens (tertiary/aromatic N) is 3. The summed E-state index contributed by atoms with van der Waals surface area (Å²) in [7, 11) is -3.63. The van der Waals surface area contributed by atoms with Crippen LogP contribution in [0.15, 0.2) is 63.4 Å². The van der Waals surface area contributed by atoms with Crippen LogP contribution in [0.4, 0.5) is 5.69 Å². The molecule has 0 radical (unpaired) electrons. The van der Waals surface area contributed by atoms with Crippen LogP contribution < -0.4 is 0 Å². The molecule has 0 aliphatic rings. The molecule has 0 N–H and O–H groups in total. The van der Waals surface area contributed by atoms with Crippen LogP contribution in [0.2, 0.25) is 0 Å². The smallest absolute Gasteiger partial charge is 0.203 e. The van der Waals surface area contributed by atoms with Crippen molar-refractivity contribution in [2.24, 2.45) is 5.11 Å². The highest BCUT2D eigenvalue weighted by Gasteiger charge is 2.24. The van der Waals surface area contributed by atoms with Crippen LogP contribution in [0.3, 0.4) is 0 Å². The summed E-state index contributed by atoms with van der Waals surface area (Å²) in [6.07, 6.45) is 2.08. The van der Waals surface area contributed by atoms with E-state index in [-0.39, 0.29) is 4.90 Å². The molecule has 2 aromatic rings. The summed E-state index contributed by atoms with van der Waals surface area (Å²) in [4.78, 5) is 3.50. The van der Waals surface area contributed by atoms with E-state index in [2.05, 4.69) is 32.6 Å². The van der Waals surface area contributed by atoms with Gasteiger partial charge in [-0.1, -0.05) is 60.4 Å². The minimum atomic E-state index is -3.63. The van der Waals surface area contributed by atoms with Gasteiger partial charge in [0.15, 0.2) is 0 Å². The number of allylic oxidation sites excluding steroid dienone is 1. The Labute approximate surface area is 167 Å². The van der Waals surface area contributed by atoms with Crippen LogP contribution in [0, 0.1) is 6.92 Å². The molecule has 0 fully saturated rings. The first-order chi connectivity index (χ1) is 12.4. The average Bonchev–Trinajstić information content (AvgIpc) is 2.63. The summed E-state index contributed by atoms with van der Waals surface area (Å²) >= 11 is 2.05. The van der Waals surface area contributed by atoms with Crippen LogP contribution in [-0.2, 0) is 9.84 Å². The van der Waals surface area contributed by atoms with Crippen molar-refractivity contribution in [2.75, 3.05) is 0 Å². The monoisotopic (exact) mass is 481 g/mol. The molecule has 0 aliphatic heterocycles. The zero-order chi connectivity index (χ0) is 19.2. The largest absolute Gasteiger partial charge is 0.219 e. The van der Waals surface area contributed by atoms with Crippen molar-refractivity contribution in [3.8, 4) is 0 Å². The Morgan fingerprint density at radius 1 is 1.15 bits per heavy atom. The highest BCUT2D eigenvalue weighted by atomic mass is 127. The van der Waals surface area contributed by atoms with E-state index in [9.17, 15) is 8.42 Å². The van der Waals surface area contributed by atoms with Gasteiger partial charge in [-0.05, 0) is 65.6 Å². The van der Waals surface area contributed by atoms with Gasteiger partial charge in [0.25, 0.3) is 0 Å². The first-order valence-corrected chi connectivity index (χ1v) is 10.8. The summed E-state index contributed by atoms with van der Waals surface area (Å²) in [5.41, 5.74) is 10.9. The number of aryl methyl sites for hydroxylation is 1. The van der Waals surface area contributed by atoms with E-state index in [1.165, 1.54) is 0 Å². The summed E-state index contributed by atoms with van der Waals surface area (Å²) < 4.78 is 27.1. The number of benzene rings is 2. The number of hydrogen-bond acceptors (Lipinski definition) is 3. The molecule has 0 spiro atoms. The topological polar surface area (TPSA) is 82.9 Å². The van der Waals surface area contributed by atoms with Crippen molar-refractivity contribution < 1.29 is 8.42 Å². The summed E-state index contributed by atoms with van der Waals surface area (Å²) in [5.74, 6) is 0. The predicted molar refractivity (Wildman–Crippen MR) is 114 cm³/mol. The molecule has 0 heterocycles. The molecule has 2 aromatic carbocycles. The molecule has 0 amide bonds. The number of azide groups is 1. The lowest BCUT2D eigenvalue weighted by molar-refractivity contribution is 0.599. The van der Waals surface area contributed by atoms with Crippen molar-refractivity contribution in [1.29, 1.82) is 0 Å². The molecule has 0 saturated heterocycles. The van der Waals surface area contributed by atoms with E-state index >= 15 is 0 Å². The van der Waals surface area contributed by atoms with Gasteiger partial charge in [0.05, 0.1) is 9.80 Å². The maximum atomic E-state index is 13.3. The van der Waals surface area contributed by atoms with Gasteiger partial charge in [0.1, 0.15) is 0 Å². The molecule has 0 aromatic heterocycles. The van der Waals surface area contributed by atoms with Gasteiger partial charge in [0, 0.05) is 14.2 Å². The third-order valence-electron chi connectivity index (χ3n) is 3.95. The van der Waals surface area contributed by atoms with E-state index in [1.54, 1.807) is 48.5 Å². The molecule has 136 valence electrons. The zero-order valence-corrected chi connectivity index (χ0v) is 17.7. The zero-order valence-electron chi connectivity index (χ0n) is 14.7. The second kappa shape index (κ2) is 9.21. The summed E-state index contributed by atoms with van der Waals surface area (Å²) in [5, 5.41) is 3.70. The molecular formula is C19H20IN3O2S. The van der Waals surface area contributed by atoms with Gasteiger partial charge >= 0.3 is 0 Å². The lowest BCUT2D eigenvalue weighted by atomic mass is 10.1. The highest BCUT2D eigenvalue weighted by molar-refractivity contribution is 14.1. The minimum absolute atomic E-state index is 0.282. The quantitative estimate of drug-likeness (QED) is 0.191. The van der Waals surface area contributed by atoms with Crippen molar-refractivity contribution in [3.05, 3.63) is 75.0 Å². The van der Waals surface area contributed by atoms with E-state index in [4.69, 9.17) is 5.53 Å². The van der Waals surface area contributed by atoms with Crippen molar-refractivity contribution in [1.82, 2.24) is 0 Å². The van der Waals surface area contributed by atoms with Crippen molar-refractivity contribution in [3.63, 3.8) is 0 Å². The maximum absolute atomic E-state index is 13.3. The summed E-state index contributed by atoms with van der Waals surface area (Å²) in [6, 6.07) is 13.9. The van der Waals surface area contributed by atoms with Crippen LogP contribution in [-0.4, -0.2) is 8.42 Å². The van der Waals surface area contributed by atoms with Gasteiger partial charge < -0.3 is 0 Å². The predicted octanol–water partition coefficient (Wildman–Crippen LogP) is 6.70. The Hall–Kier alpha value is -1.83. The number of rotatable bonds is 7. The molecule has 5 nitrogen and oxygen atoms in total. The van der Waals surface area contributed by atoms with Crippen molar-refractivity contribution >= 4 is 41.7 Å². The van der Waals surface area contributed by atoms with Crippen LogP contribution in [0.1, 0.15) is 37.3 Å². The fraction of sp³-hybridized carbons (Fsp3) is 0.263. The Kier molecular flexibility index (Phi) is 7.25. The lowest BCUT2D eigenvalue weighted by Crippen LogP contribution is -2.07. The first kappa shape index (κ1) is 20.5. The first-order valence-electron chi connectivity index (χ1n) is 8.26. The number of sulfone groups is 1. The second-order valence-corrected chi connectivity index (χ2v) is 8.91. The third-order valence-corrected chi connectivity index (χ3v) is 7.50. The Morgan fingerprint density at radius 2 is 1.81 bits per heavy atom. The second-order valence-electron chi connectivity index (χ2n) is 5.86. The third kappa shape index (κ3) is 4.66. The van der Waals surface area contributed by atoms with Gasteiger partial charge in [-0.2, -0.15) is 0 Å². The molecule has 0 atom stereocenters. The maximum Gasteiger partial charge on any atom is 0.203 e. The van der Waals surface area contributed by atoms with Gasteiger partial charge in [0.2, 0.25) is 9.84 Å². The molecule has 2 rings (SSSR count). The Morgan fingerprint density at radius 3 is 2.42 bits per heavy atom. The van der Waals surface area contributed by atoms with Crippen LogP contribution in [0.5, 0.6) is 0 Å². The van der Waals surface area contributed by atoms with Gasteiger partial charge in [-0.3, -0.25) is 0 Å². The number of halogens is 1. The molecule has 0 saturated carbocycles. The average molecular weight is 481 g/mol. The Bertz CT molecular complexity index is 961. The fourth-order valence-electron chi connectivity index (χ4n) is 2.50. The lowest BCUT2D eigenvalue weighted by Gasteiger charge is -2.14. The number of hydrogen-bond donors (Lipinski definition) is 0. The van der Waals surface area contributed by atoms with E-state index in [0.29, 0.717) is 26.2 Å². The Balaban J connectivity index is 2.68. The van der Waals surface area contributed by atoms with Crippen LogP contribution in [0.25, 0.3) is 14.0 Å². The SMILES string of the molecule is CCCC/C(=C(\I)c1ccccc1N=[N+]=[N-])S(=O)(=O)c1ccc(C)cc1. The highest BCUT2D eigenvalue weighted by Crippen LogP contribution is 2.39. The number of unbranched alkanes of at least 4 members (excludes halogenated alkanes) is 1. The molecule has 0 aliphatic carbocycles. The fourth-order valence-corrected chi connectivity index (χ4v) is 5.64. The van der Waals surface area contributed by atoms with E-state index < -0.39 is 9.84 Å². The van der Waals surface area contributed by atoms with E-state index in [0.717, 1.165) is 18.4 Å². The molecule has 26 heavy (non-hydrogen) atoms. The molecule has 0 bridgehead atoms. The molecular weight excluding hydrogens is 461 g/mol.